The van der Waals surface area contributed by atoms with Crippen molar-refractivity contribution in [2.75, 3.05) is 13.2 Å². The maximum atomic E-state index is 11.3. The van der Waals surface area contributed by atoms with Crippen LogP contribution < -0.4 is 0 Å². The van der Waals surface area contributed by atoms with E-state index >= 15 is 0 Å². The SMILES string of the molecule is CCOC[C@@H](C)OC(=O)c1cscn1. The van der Waals surface area contributed by atoms with Gasteiger partial charge in [0, 0.05) is 12.0 Å². The second kappa shape index (κ2) is 5.72. The van der Waals surface area contributed by atoms with Gasteiger partial charge in [-0.2, -0.15) is 0 Å². The number of carbonyl (C=O) groups excluding carboxylic acids is 1. The molecule has 0 aliphatic heterocycles. The lowest BCUT2D eigenvalue weighted by Gasteiger charge is -2.11. The summed E-state index contributed by atoms with van der Waals surface area (Å²) in [5.74, 6) is -0.390. The summed E-state index contributed by atoms with van der Waals surface area (Å²) in [6.45, 7) is 4.74. The van der Waals surface area contributed by atoms with Crippen LogP contribution in [0.25, 0.3) is 0 Å². The van der Waals surface area contributed by atoms with Crippen LogP contribution in [0.2, 0.25) is 0 Å². The Hall–Kier alpha value is -0.940. The first-order valence-electron chi connectivity index (χ1n) is 4.41. The summed E-state index contributed by atoms with van der Waals surface area (Å²) in [5.41, 5.74) is 1.96. The van der Waals surface area contributed by atoms with E-state index in [9.17, 15) is 4.79 Å². The molecule has 0 aliphatic carbocycles. The van der Waals surface area contributed by atoms with E-state index in [0.717, 1.165) is 0 Å². The standard InChI is InChI=1S/C9H13NO3S/c1-3-12-4-7(2)13-9(11)8-5-14-6-10-8/h5-7H,3-4H2,1-2H3/t7-/m1/s1. The Kier molecular flexibility index (Phi) is 4.55. The summed E-state index contributed by atoms with van der Waals surface area (Å²) in [6.07, 6.45) is -0.232. The minimum Gasteiger partial charge on any atom is -0.455 e. The molecule has 0 N–H and O–H groups in total. The van der Waals surface area contributed by atoms with E-state index in [-0.39, 0.29) is 6.10 Å². The number of ether oxygens (including phenoxy) is 2. The van der Waals surface area contributed by atoms with Crippen LogP contribution in [-0.4, -0.2) is 30.3 Å². The Balaban J connectivity index is 2.34. The Morgan fingerprint density at radius 2 is 2.50 bits per heavy atom. The third-order valence-corrected chi connectivity index (χ3v) is 2.09. The number of hydrogen-bond acceptors (Lipinski definition) is 5. The van der Waals surface area contributed by atoms with Gasteiger partial charge in [0.15, 0.2) is 5.69 Å². The Labute approximate surface area is 86.9 Å². The van der Waals surface area contributed by atoms with Gasteiger partial charge in [-0.15, -0.1) is 11.3 Å². The fourth-order valence-electron chi connectivity index (χ4n) is 0.874. The molecule has 0 saturated heterocycles. The molecule has 1 atom stereocenters. The highest BCUT2D eigenvalue weighted by Crippen LogP contribution is 2.05. The third-order valence-electron chi connectivity index (χ3n) is 1.51. The van der Waals surface area contributed by atoms with E-state index < -0.39 is 5.97 Å². The summed E-state index contributed by atoms with van der Waals surface area (Å²) >= 11 is 1.37. The lowest BCUT2D eigenvalue weighted by molar-refractivity contribution is 0.00394. The molecule has 1 aromatic heterocycles. The number of aromatic nitrogens is 1. The summed E-state index contributed by atoms with van der Waals surface area (Å²) in [6, 6.07) is 0. The fourth-order valence-corrected chi connectivity index (χ4v) is 1.40. The van der Waals surface area contributed by atoms with Gasteiger partial charge < -0.3 is 9.47 Å². The van der Waals surface area contributed by atoms with Crippen LogP contribution in [-0.2, 0) is 9.47 Å². The first-order chi connectivity index (χ1) is 6.74. The van der Waals surface area contributed by atoms with Gasteiger partial charge in [-0.3, -0.25) is 0 Å². The van der Waals surface area contributed by atoms with Crippen molar-refractivity contribution in [2.24, 2.45) is 0 Å². The fraction of sp³-hybridized carbons (Fsp3) is 0.556. The molecule has 1 aromatic rings. The van der Waals surface area contributed by atoms with E-state index in [4.69, 9.17) is 9.47 Å². The molecule has 0 radical (unpaired) electrons. The highest BCUT2D eigenvalue weighted by molar-refractivity contribution is 7.07. The van der Waals surface area contributed by atoms with Crippen molar-refractivity contribution in [2.45, 2.75) is 20.0 Å². The molecule has 0 fully saturated rings. The molecule has 0 saturated carbocycles. The van der Waals surface area contributed by atoms with E-state index in [2.05, 4.69) is 4.98 Å². The first-order valence-corrected chi connectivity index (χ1v) is 5.35. The second-order valence-corrected chi connectivity index (χ2v) is 3.47. The maximum Gasteiger partial charge on any atom is 0.358 e. The topological polar surface area (TPSA) is 48.4 Å². The van der Waals surface area contributed by atoms with Crippen LogP contribution in [0, 0.1) is 0 Å². The molecular weight excluding hydrogens is 202 g/mol. The van der Waals surface area contributed by atoms with Gasteiger partial charge in [0.05, 0.1) is 12.1 Å². The van der Waals surface area contributed by atoms with Gasteiger partial charge in [-0.1, -0.05) is 0 Å². The molecule has 5 heteroatoms. The van der Waals surface area contributed by atoms with Crippen molar-refractivity contribution in [3.05, 3.63) is 16.6 Å². The zero-order valence-electron chi connectivity index (χ0n) is 8.23. The second-order valence-electron chi connectivity index (χ2n) is 2.75. The predicted octanol–water partition coefficient (Wildman–Crippen LogP) is 1.72. The average molecular weight is 215 g/mol. The summed E-state index contributed by atoms with van der Waals surface area (Å²) in [5, 5.41) is 1.66. The van der Waals surface area contributed by atoms with E-state index in [1.807, 2.05) is 6.92 Å². The van der Waals surface area contributed by atoms with Gasteiger partial charge in [0.25, 0.3) is 0 Å². The van der Waals surface area contributed by atoms with Crippen LogP contribution in [0.5, 0.6) is 0 Å². The zero-order chi connectivity index (χ0) is 10.4. The minimum absolute atomic E-state index is 0.232. The first kappa shape index (κ1) is 11.1. The molecule has 0 bridgehead atoms. The van der Waals surface area contributed by atoms with Crippen molar-refractivity contribution in [3.8, 4) is 0 Å². The molecule has 0 spiro atoms. The molecule has 1 rings (SSSR count). The van der Waals surface area contributed by atoms with Gasteiger partial charge in [0.2, 0.25) is 0 Å². The molecule has 0 amide bonds. The molecule has 1 heterocycles. The molecule has 78 valence electrons. The van der Waals surface area contributed by atoms with Gasteiger partial charge in [-0.05, 0) is 13.8 Å². The molecule has 4 nitrogen and oxygen atoms in total. The lowest BCUT2D eigenvalue weighted by Crippen LogP contribution is -2.20. The number of hydrogen-bond donors (Lipinski definition) is 0. The van der Waals surface area contributed by atoms with Crippen LogP contribution in [0.3, 0.4) is 0 Å². The maximum absolute atomic E-state index is 11.3. The molecular formula is C9H13NO3S. The normalized spacial score (nSPS) is 12.4. The van der Waals surface area contributed by atoms with Gasteiger partial charge in [-0.25, -0.2) is 9.78 Å². The monoisotopic (exact) mass is 215 g/mol. The Morgan fingerprint density at radius 3 is 3.07 bits per heavy atom. The van der Waals surface area contributed by atoms with Crippen molar-refractivity contribution < 1.29 is 14.3 Å². The van der Waals surface area contributed by atoms with E-state index in [0.29, 0.717) is 18.9 Å². The smallest absolute Gasteiger partial charge is 0.358 e. The highest BCUT2D eigenvalue weighted by atomic mass is 32.1. The van der Waals surface area contributed by atoms with Crippen molar-refractivity contribution in [3.63, 3.8) is 0 Å². The number of carbonyl (C=O) groups is 1. The van der Waals surface area contributed by atoms with Crippen LogP contribution in [0.15, 0.2) is 10.9 Å². The van der Waals surface area contributed by atoms with E-state index in [1.54, 1.807) is 17.8 Å². The summed E-state index contributed by atoms with van der Waals surface area (Å²) < 4.78 is 10.2. The average Bonchev–Trinajstić information content (AvgIpc) is 2.67. The highest BCUT2D eigenvalue weighted by Gasteiger charge is 2.13. The Morgan fingerprint density at radius 1 is 1.71 bits per heavy atom. The predicted molar refractivity (Wildman–Crippen MR) is 53.5 cm³/mol. The van der Waals surface area contributed by atoms with Gasteiger partial charge in [0.1, 0.15) is 6.10 Å². The van der Waals surface area contributed by atoms with Crippen molar-refractivity contribution >= 4 is 17.3 Å². The number of nitrogens with zero attached hydrogens (tertiary/aromatic N) is 1. The largest absolute Gasteiger partial charge is 0.455 e. The number of thiazole rings is 1. The third kappa shape index (κ3) is 3.43. The zero-order valence-corrected chi connectivity index (χ0v) is 9.04. The molecule has 0 aromatic carbocycles. The number of rotatable bonds is 5. The summed E-state index contributed by atoms with van der Waals surface area (Å²) in [7, 11) is 0. The quantitative estimate of drug-likeness (QED) is 0.702. The minimum atomic E-state index is -0.390. The summed E-state index contributed by atoms with van der Waals surface area (Å²) in [4.78, 5) is 15.2. The van der Waals surface area contributed by atoms with Crippen LogP contribution >= 0.6 is 11.3 Å². The van der Waals surface area contributed by atoms with Gasteiger partial charge >= 0.3 is 5.97 Å². The Bertz CT molecular complexity index is 274. The van der Waals surface area contributed by atoms with E-state index in [1.165, 1.54) is 11.3 Å². The lowest BCUT2D eigenvalue weighted by atomic mass is 10.4. The molecule has 14 heavy (non-hydrogen) atoms. The number of esters is 1. The van der Waals surface area contributed by atoms with Crippen molar-refractivity contribution in [1.29, 1.82) is 0 Å². The van der Waals surface area contributed by atoms with Crippen LogP contribution in [0.4, 0.5) is 0 Å². The van der Waals surface area contributed by atoms with Crippen LogP contribution in [0.1, 0.15) is 24.3 Å². The molecule has 0 aliphatic rings. The van der Waals surface area contributed by atoms with Crippen molar-refractivity contribution in [1.82, 2.24) is 4.98 Å². The molecule has 0 unspecified atom stereocenters.